The normalized spacial score (nSPS) is 10.0. The van der Waals surface area contributed by atoms with Gasteiger partial charge >= 0.3 is 0 Å². The highest BCUT2D eigenvalue weighted by atomic mass is 19.3. The highest BCUT2D eigenvalue weighted by molar-refractivity contribution is 5.83. The Bertz CT molecular complexity index is 171. The van der Waals surface area contributed by atoms with Crippen molar-refractivity contribution in [3.63, 3.8) is 0 Å². The molecule has 0 aromatic carbocycles. The summed E-state index contributed by atoms with van der Waals surface area (Å²) in [6.45, 7) is 0.705. The van der Waals surface area contributed by atoms with Crippen LogP contribution < -0.4 is 5.32 Å². The lowest BCUT2D eigenvalue weighted by Gasteiger charge is -2.02. The number of halogens is 2. The maximum atomic E-state index is 11.5. The third-order valence-corrected chi connectivity index (χ3v) is 1.16. The summed E-state index contributed by atoms with van der Waals surface area (Å²) in [4.78, 5) is 21.0. The summed E-state index contributed by atoms with van der Waals surface area (Å²) in [7, 11) is 0. The van der Waals surface area contributed by atoms with Gasteiger partial charge in [0.15, 0.2) is 0 Å². The number of carbonyl (C=O) groups is 2. The number of hydrogen-bond acceptors (Lipinski definition) is 2. The van der Waals surface area contributed by atoms with Gasteiger partial charge in [0, 0.05) is 12.8 Å². The molecule has 0 aliphatic carbocycles. The monoisotopic (exact) mass is 179 g/mol. The van der Waals surface area contributed by atoms with Crippen LogP contribution in [0.25, 0.3) is 0 Å². The zero-order valence-electron chi connectivity index (χ0n) is 6.77. The molecule has 70 valence electrons. The maximum Gasteiger partial charge on any atom is 0.255 e. The number of rotatable bonds is 5. The predicted octanol–water partition coefficient (Wildman–Crippen LogP) is 0.737. The van der Waals surface area contributed by atoms with Crippen molar-refractivity contribution < 1.29 is 18.4 Å². The van der Waals surface area contributed by atoms with Crippen LogP contribution in [0.1, 0.15) is 19.8 Å². The van der Waals surface area contributed by atoms with Gasteiger partial charge < -0.3 is 10.1 Å². The third-order valence-electron chi connectivity index (χ3n) is 1.16. The van der Waals surface area contributed by atoms with Crippen LogP contribution in [-0.4, -0.2) is 24.7 Å². The lowest BCUT2D eigenvalue weighted by Crippen LogP contribution is -2.28. The molecule has 0 unspecified atom stereocenters. The zero-order valence-corrected chi connectivity index (χ0v) is 6.77. The minimum atomic E-state index is -2.54. The fourth-order valence-corrected chi connectivity index (χ4v) is 0.569. The van der Waals surface area contributed by atoms with E-state index in [2.05, 4.69) is 0 Å². The standard InChI is InChI=1S/C7H11F2NO2/c1-5(11)2-3-7(12)10-4-6(8)9/h6H,2-4H2,1H3,(H,10,12). The van der Waals surface area contributed by atoms with Gasteiger partial charge in [0.2, 0.25) is 5.91 Å². The minimum absolute atomic E-state index is 0.0119. The van der Waals surface area contributed by atoms with Crippen LogP contribution in [0, 0.1) is 0 Å². The molecule has 5 heteroatoms. The lowest BCUT2D eigenvalue weighted by atomic mass is 10.2. The number of hydrogen-bond donors (Lipinski definition) is 1. The van der Waals surface area contributed by atoms with E-state index in [4.69, 9.17) is 0 Å². The number of amides is 1. The van der Waals surface area contributed by atoms with E-state index in [0.29, 0.717) is 0 Å². The topological polar surface area (TPSA) is 46.2 Å². The van der Waals surface area contributed by atoms with Crippen molar-refractivity contribution in [1.82, 2.24) is 5.32 Å². The van der Waals surface area contributed by atoms with Crippen LogP contribution in [0.4, 0.5) is 8.78 Å². The molecule has 0 aromatic heterocycles. The van der Waals surface area contributed by atoms with Crippen molar-refractivity contribution in [3.8, 4) is 0 Å². The van der Waals surface area contributed by atoms with E-state index in [1.807, 2.05) is 5.32 Å². The summed E-state index contributed by atoms with van der Waals surface area (Å²) < 4.78 is 23.0. The molecule has 0 spiro atoms. The van der Waals surface area contributed by atoms with Gasteiger partial charge in [-0.15, -0.1) is 0 Å². The number of carbonyl (C=O) groups excluding carboxylic acids is 2. The first-order valence-electron chi connectivity index (χ1n) is 3.56. The Morgan fingerprint density at radius 1 is 1.33 bits per heavy atom. The largest absolute Gasteiger partial charge is 0.350 e. The van der Waals surface area contributed by atoms with E-state index < -0.39 is 18.9 Å². The molecule has 0 rings (SSSR count). The Kier molecular flexibility index (Phi) is 5.16. The van der Waals surface area contributed by atoms with Gasteiger partial charge in [-0.2, -0.15) is 0 Å². The van der Waals surface area contributed by atoms with Gasteiger partial charge in [-0.3, -0.25) is 4.79 Å². The molecule has 1 amide bonds. The van der Waals surface area contributed by atoms with Crippen molar-refractivity contribution in [1.29, 1.82) is 0 Å². The quantitative estimate of drug-likeness (QED) is 0.676. The van der Waals surface area contributed by atoms with Gasteiger partial charge in [-0.1, -0.05) is 0 Å². The Balaban J connectivity index is 3.40. The molecular weight excluding hydrogens is 168 g/mol. The fraction of sp³-hybridized carbons (Fsp3) is 0.714. The van der Waals surface area contributed by atoms with E-state index in [9.17, 15) is 18.4 Å². The predicted molar refractivity (Wildman–Crippen MR) is 38.9 cm³/mol. The average Bonchev–Trinajstić information content (AvgIpc) is 1.96. The molecule has 0 bridgehead atoms. The van der Waals surface area contributed by atoms with E-state index in [-0.39, 0.29) is 18.6 Å². The summed E-state index contributed by atoms with van der Waals surface area (Å²) in [5, 5.41) is 2.00. The Morgan fingerprint density at radius 2 is 1.92 bits per heavy atom. The number of nitrogens with one attached hydrogen (secondary N) is 1. The van der Waals surface area contributed by atoms with Gasteiger partial charge in [-0.25, -0.2) is 8.78 Å². The zero-order chi connectivity index (χ0) is 9.56. The van der Waals surface area contributed by atoms with Crippen LogP contribution in [0.3, 0.4) is 0 Å². The van der Waals surface area contributed by atoms with Crippen LogP contribution in [0.2, 0.25) is 0 Å². The molecular formula is C7H11F2NO2. The third kappa shape index (κ3) is 7.11. The summed E-state index contributed by atoms with van der Waals surface area (Å²) >= 11 is 0. The second-order valence-electron chi connectivity index (χ2n) is 2.40. The SMILES string of the molecule is CC(=O)CCC(=O)NCC(F)F. The van der Waals surface area contributed by atoms with E-state index in [1.165, 1.54) is 6.92 Å². The van der Waals surface area contributed by atoms with Crippen LogP contribution >= 0.6 is 0 Å². The van der Waals surface area contributed by atoms with Crippen molar-refractivity contribution in [3.05, 3.63) is 0 Å². The van der Waals surface area contributed by atoms with Crippen molar-refractivity contribution in [2.24, 2.45) is 0 Å². The highest BCUT2D eigenvalue weighted by Gasteiger charge is 2.06. The van der Waals surface area contributed by atoms with Crippen LogP contribution in [0.5, 0.6) is 0 Å². The molecule has 0 heterocycles. The van der Waals surface area contributed by atoms with Crippen molar-refractivity contribution in [2.45, 2.75) is 26.2 Å². The first kappa shape index (κ1) is 11.0. The smallest absolute Gasteiger partial charge is 0.255 e. The van der Waals surface area contributed by atoms with E-state index >= 15 is 0 Å². The molecule has 1 N–H and O–H groups in total. The molecule has 0 aliphatic rings. The van der Waals surface area contributed by atoms with Gasteiger partial charge in [0.25, 0.3) is 6.43 Å². The Labute approximate surface area is 69.1 Å². The van der Waals surface area contributed by atoms with Gasteiger partial charge in [0.1, 0.15) is 5.78 Å². The van der Waals surface area contributed by atoms with E-state index in [1.54, 1.807) is 0 Å². The average molecular weight is 179 g/mol. The molecule has 0 fully saturated rings. The van der Waals surface area contributed by atoms with E-state index in [0.717, 1.165) is 0 Å². The molecule has 12 heavy (non-hydrogen) atoms. The second kappa shape index (κ2) is 5.62. The molecule has 0 aromatic rings. The van der Waals surface area contributed by atoms with Gasteiger partial charge in [0.05, 0.1) is 6.54 Å². The Morgan fingerprint density at radius 3 is 2.33 bits per heavy atom. The molecule has 0 saturated heterocycles. The number of ketones is 1. The van der Waals surface area contributed by atoms with Crippen molar-refractivity contribution >= 4 is 11.7 Å². The molecule has 0 radical (unpaired) electrons. The second-order valence-corrected chi connectivity index (χ2v) is 2.40. The minimum Gasteiger partial charge on any atom is -0.350 e. The first-order valence-corrected chi connectivity index (χ1v) is 3.56. The molecule has 0 saturated carbocycles. The number of Topliss-reactive ketones (excluding diaryl/α,β-unsaturated/α-hetero) is 1. The Hall–Kier alpha value is -1.00. The summed E-state index contributed by atoms with van der Waals surface area (Å²) in [6.07, 6.45) is -2.44. The first-order chi connectivity index (χ1) is 5.52. The summed E-state index contributed by atoms with van der Waals surface area (Å²) in [5.41, 5.74) is 0. The van der Waals surface area contributed by atoms with Crippen LogP contribution in [-0.2, 0) is 9.59 Å². The summed E-state index contributed by atoms with van der Waals surface area (Å²) in [5.74, 6) is -0.632. The highest BCUT2D eigenvalue weighted by Crippen LogP contribution is 1.92. The van der Waals surface area contributed by atoms with Gasteiger partial charge in [-0.05, 0) is 6.92 Å². The van der Waals surface area contributed by atoms with Crippen LogP contribution in [0.15, 0.2) is 0 Å². The molecule has 0 atom stereocenters. The fourth-order valence-electron chi connectivity index (χ4n) is 0.569. The molecule has 3 nitrogen and oxygen atoms in total. The van der Waals surface area contributed by atoms with Crippen molar-refractivity contribution in [2.75, 3.05) is 6.54 Å². The summed E-state index contributed by atoms with van der Waals surface area (Å²) in [6, 6.07) is 0. The number of alkyl halides is 2. The lowest BCUT2D eigenvalue weighted by molar-refractivity contribution is -0.125. The molecule has 0 aliphatic heterocycles. The maximum absolute atomic E-state index is 11.5.